The van der Waals surface area contributed by atoms with Crippen molar-refractivity contribution in [3.63, 3.8) is 0 Å². The second kappa shape index (κ2) is 9.69. The van der Waals surface area contributed by atoms with Gasteiger partial charge in [0.05, 0.1) is 0 Å². The largest absolute Gasteiger partial charge is 0.381 e. The van der Waals surface area contributed by atoms with Gasteiger partial charge in [0.15, 0.2) is 5.96 Å². The van der Waals surface area contributed by atoms with Gasteiger partial charge < -0.3 is 15.4 Å². The summed E-state index contributed by atoms with van der Waals surface area (Å²) in [6, 6.07) is 15.5. The highest BCUT2D eigenvalue weighted by Gasteiger charge is 2.35. The Morgan fingerprint density at radius 3 is 2.50 bits per heavy atom. The number of halogens is 1. The Kier molecular flexibility index (Phi) is 7.04. The van der Waals surface area contributed by atoms with Crippen molar-refractivity contribution in [3.05, 3.63) is 71.0 Å². The number of aryl methyl sites for hydroxylation is 1. The Morgan fingerprint density at radius 2 is 1.79 bits per heavy atom. The molecule has 1 saturated heterocycles. The number of nitrogens with zero attached hydrogens (tertiary/aromatic N) is 1. The molecule has 1 fully saturated rings. The number of aliphatic imine (C=N–C) groups is 1. The van der Waals surface area contributed by atoms with Gasteiger partial charge in [-0.3, -0.25) is 4.99 Å². The van der Waals surface area contributed by atoms with E-state index in [9.17, 15) is 4.39 Å². The van der Waals surface area contributed by atoms with Crippen LogP contribution in [0.4, 0.5) is 4.39 Å². The minimum absolute atomic E-state index is 0.0345. The standard InChI is InChI=1S/C23H30FN3O/c1-18-7-3-5-9-20(18)23(12-15-28-16-13-23)17-27-22(25-2)26-14-11-19-8-4-6-10-21(19)24/h3-10H,11-17H2,1-2H3,(H2,25,26,27). The summed E-state index contributed by atoms with van der Waals surface area (Å²) in [7, 11) is 1.77. The van der Waals surface area contributed by atoms with Crippen molar-refractivity contribution in [1.29, 1.82) is 0 Å². The molecule has 0 saturated carbocycles. The van der Waals surface area contributed by atoms with Crippen LogP contribution in [0.25, 0.3) is 0 Å². The highest BCUT2D eigenvalue weighted by Crippen LogP contribution is 2.36. The van der Waals surface area contributed by atoms with Crippen molar-refractivity contribution in [2.75, 3.05) is 33.4 Å². The van der Waals surface area contributed by atoms with Crippen molar-refractivity contribution in [2.24, 2.45) is 4.99 Å². The molecular weight excluding hydrogens is 353 g/mol. The van der Waals surface area contributed by atoms with Gasteiger partial charge in [-0.2, -0.15) is 0 Å². The van der Waals surface area contributed by atoms with Gasteiger partial charge in [0.25, 0.3) is 0 Å². The molecule has 3 rings (SSSR count). The minimum atomic E-state index is -0.159. The van der Waals surface area contributed by atoms with E-state index in [0.29, 0.717) is 18.5 Å². The van der Waals surface area contributed by atoms with Crippen LogP contribution in [0.15, 0.2) is 53.5 Å². The lowest BCUT2D eigenvalue weighted by atomic mass is 9.72. The molecule has 2 N–H and O–H groups in total. The summed E-state index contributed by atoms with van der Waals surface area (Å²) in [5.74, 6) is 0.587. The fraction of sp³-hybridized carbons (Fsp3) is 0.435. The first-order chi connectivity index (χ1) is 13.6. The maximum atomic E-state index is 13.8. The van der Waals surface area contributed by atoms with Gasteiger partial charge in [0.2, 0.25) is 0 Å². The summed E-state index contributed by atoms with van der Waals surface area (Å²) in [5, 5.41) is 6.81. The number of hydrogen-bond acceptors (Lipinski definition) is 2. The van der Waals surface area contributed by atoms with Gasteiger partial charge in [-0.15, -0.1) is 0 Å². The molecule has 1 aliphatic heterocycles. The second-order valence-corrected chi connectivity index (χ2v) is 7.40. The molecule has 1 aliphatic rings. The third-order valence-corrected chi connectivity index (χ3v) is 5.63. The van der Waals surface area contributed by atoms with Crippen LogP contribution >= 0.6 is 0 Å². The fourth-order valence-electron chi connectivity index (χ4n) is 3.96. The summed E-state index contributed by atoms with van der Waals surface area (Å²) >= 11 is 0. The molecule has 0 bridgehead atoms. The van der Waals surface area contributed by atoms with Crippen molar-refractivity contribution in [3.8, 4) is 0 Å². The molecule has 0 spiro atoms. The van der Waals surface area contributed by atoms with E-state index in [0.717, 1.165) is 38.6 Å². The average molecular weight is 384 g/mol. The lowest BCUT2D eigenvalue weighted by molar-refractivity contribution is 0.0512. The van der Waals surface area contributed by atoms with Crippen molar-refractivity contribution in [1.82, 2.24) is 10.6 Å². The van der Waals surface area contributed by atoms with Crippen molar-refractivity contribution in [2.45, 2.75) is 31.6 Å². The first kappa shape index (κ1) is 20.3. The fourth-order valence-corrected chi connectivity index (χ4v) is 3.96. The molecule has 0 amide bonds. The first-order valence-corrected chi connectivity index (χ1v) is 9.96. The van der Waals surface area contributed by atoms with Crippen LogP contribution in [0.1, 0.15) is 29.5 Å². The molecule has 0 atom stereocenters. The van der Waals surface area contributed by atoms with Crippen LogP contribution in [0.3, 0.4) is 0 Å². The zero-order valence-corrected chi connectivity index (χ0v) is 16.8. The molecule has 0 aliphatic carbocycles. The summed E-state index contributed by atoms with van der Waals surface area (Å²) in [6.45, 7) is 5.14. The van der Waals surface area contributed by atoms with Gasteiger partial charge in [-0.05, 0) is 48.9 Å². The molecular formula is C23H30FN3O. The van der Waals surface area contributed by atoms with E-state index < -0.39 is 0 Å². The Balaban J connectivity index is 1.62. The summed E-state index contributed by atoms with van der Waals surface area (Å²) in [5.41, 5.74) is 3.44. The SMILES string of the molecule is CN=C(NCCc1ccccc1F)NCC1(c2ccccc2C)CCOCC1. The van der Waals surface area contributed by atoms with Gasteiger partial charge in [0, 0.05) is 38.8 Å². The smallest absolute Gasteiger partial charge is 0.191 e. The predicted molar refractivity (Wildman–Crippen MR) is 112 cm³/mol. The molecule has 150 valence electrons. The second-order valence-electron chi connectivity index (χ2n) is 7.40. The van der Waals surface area contributed by atoms with Crippen molar-refractivity contribution < 1.29 is 9.13 Å². The van der Waals surface area contributed by atoms with E-state index in [4.69, 9.17) is 4.74 Å². The Morgan fingerprint density at radius 1 is 1.07 bits per heavy atom. The first-order valence-electron chi connectivity index (χ1n) is 9.96. The molecule has 2 aromatic rings. The monoisotopic (exact) mass is 383 g/mol. The Bertz CT molecular complexity index is 800. The van der Waals surface area contributed by atoms with Crippen LogP contribution < -0.4 is 10.6 Å². The molecule has 1 heterocycles. The van der Waals surface area contributed by atoms with E-state index in [1.54, 1.807) is 13.1 Å². The quantitative estimate of drug-likeness (QED) is 0.592. The van der Waals surface area contributed by atoms with Crippen LogP contribution in [-0.4, -0.2) is 39.3 Å². The number of guanidine groups is 1. The zero-order chi connectivity index (χ0) is 19.8. The average Bonchev–Trinajstić information content (AvgIpc) is 2.73. The maximum absolute atomic E-state index is 13.8. The zero-order valence-electron chi connectivity index (χ0n) is 16.8. The molecule has 0 aromatic heterocycles. The highest BCUT2D eigenvalue weighted by atomic mass is 19.1. The molecule has 5 heteroatoms. The van der Waals surface area contributed by atoms with Crippen LogP contribution in [0.5, 0.6) is 0 Å². The van der Waals surface area contributed by atoms with Gasteiger partial charge in [-0.25, -0.2) is 4.39 Å². The third kappa shape index (κ3) is 4.90. The lowest BCUT2D eigenvalue weighted by Gasteiger charge is -2.39. The summed E-state index contributed by atoms with van der Waals surface area (Å²) in [6.07, 6.45) is 2.58. The molecule has 2 aromatic carbocycles. The van der Waals surface area contributed by atoms with E-state index in [1.165, 1.54) is 17.2 Å². The van der Waals surface area contributed by atoms with E-state index >= 15 is 0 Å². The normalized spacial score (nSPS) is 16.6. The minimum Gasteiger partial charge on any atom is -0.381 e. The molecule has 4 nitrogen and oxygen atoms in total. The lowest BCUT2D eigenvalue weighted by Crippen LogP contribution is -2.48. The maximum Gasteiger partial charge on any atom is 0.191 e. The van der Waals surface area contributed by atoms with Crippen LogP contribution in [0, 0.1) is 12.7 Å². The molecule has 0 radical (unpaired) electrons. The number of nitrogens with one attached hydrogen (secondary N) is 2. The van der Waals surface area contributed by atoms with Crippen LogP contribution in [-0.2, 0) is 16.6 Å². The topological polar surface area (TPSA) is 45.7 Å². The number of hydrogen-bond donors (Lipinski definition) is 2. The Labute approximate surface area is 167 Å². The number of rotatable bonds is 6. The third-order valence-electron chi connectivity index (χ3n) is 5.63. The van der Waals surface area contributed by atoms with E-state index in [1.807, 2.05) is 12.1 Å². The number of ether oxygens (including phenoxy) is 1. The Hall–Kier alpha value is -2.40. The summed E-state index contributed by atoms with van der Waals surface area (Å²) < 4.78 is 19.4. The van der Waals surface area contributed by atoms with Gasteiger partial charge >= 0.3 is 0 Å². The molecule has 0 unspecified atom stereocenters. The van der Waals surface area contributed by atoms with Gasteiger partial charge in [-0.1, -0.05) is 42.5 Å². The highest BCUT2D eigenvalue weighted by molar-refractivity contribution is 5.79. The number of benzene rings is 2. The van der Waals surface area contributed by atoms with E-state index in [2.05, 4.69) is 46.8 Å². The summed E-state index contributed by atoms with van der Waals surface area (Å²) in [4.78, 5) is 4.34. The molecule has 28 heavy (non-hydrogen) atoms. The van der Waals surface area contributed by atoms with Gasteiger partial charge in [0.1, 0.15) is 5.82 Å². The van der Waals surface area contributed by atoms with E-state index in [-0.39, 0.29) is 11.2 Å². The van der Waals surface area contributed by atoms with Crippen LogP contribution in [0.2, 0.25) is 0 Å². The predicted octanol–water partition coefficient (Wildman–Crippen LogP) is 3.59. The van der Waals surface area contributed by atoms with Crippen molar-refractivity contribution >= 4 is 5.96 Å².